The fourth-order valence-corrected chi connectivity index (χ4v) is 5.01. The van der Waals surface area contributed by atoms with Gasteiger partial charge in [-0.05, 0) is 51.2 Å². The summed E-state index contributed by atoms with van der Waals surface area (Å²) in [5.41, 5.74) is 3.48. The van der Waals surface area contributed by atoms with Gasteiger partial charge in [-0.2, -0.15) is 0 Å². The summed E-state index contributed by atoms with van der Waals surface area (Å²) in [7, 11) is -0.382. The van der Waals surface area contributed by atoms with E-state index in [-0.39, 0.29) is 20.2 Å². The lowest BCUT2D eigenvalue weighted by Crippen LogP contribution is -2.46. The number of Topliss-reactive ketones (excluding diaryl/α,β-unsaturated/α-hetero) is 1. The Morgan fingerprint density at radius 1 is 1.00 bits per heavy atom. The first-order valence-electron chi connectivity index (χ1n) is 11.2. The van der Waals surface area contributed by atoms with Crippen molar-refractivity contribution in [2.45, 2.75) is 92.1 Å². The molecule has 0 aromatic heterocycles. The highest BCUT2D eigenvalue weighted by molar-refractivity contribution is 7.27. The summed E-state index contributed by atoms with van der Waals surface area (Å²) in [6.07, 6.45) is 6.54. The predicted octanol–water partition coefficient (Wildman–Crippen LogP) is 7.02. The molecular formula is C25H39O4P. The highest BCUT2D eigenvalue weighted by Gasteiger charge is 2.49. The Balaban J connectivity index is 3.00. The zero-order chi connectivity index (χ0) is 22.9. The number of ketones is 1. The van der Waals surface area contributed by atoms with E-state index in [2.05, 4.69) is 6.92 Å². The van der Waals surface area contributed by atoms with Crippen molar-refractivity contribution in [3.05, 3.63) is 34.4 Å². The van der Waals surface area contributed by atoms with Crippen molar-refractivity contribution in [3.63, 3.8) is 0 Å². The van der Waals surface area contributed by atoms with Crippen LogP contribution in [-0.2, 0) is 14.1 Å². The first kappa shape index (κ1) is 26.5. The molecule has 0 aliphatic rings. The largest absolute Gasteiger partial charge is 0.465 e. The van der Waals surface area contributed by atoms with Crippen molar-refractivity contribution >= 4 is 20.2 Å². The van der Waals surface area contributed by atoms with Gasteiger partial charge in [-0.1, -0.05) is 70.6 Å². The van der Waals surface area contributed by atoms with Gasteiger partial charge in [0, 0.05) is 5.56 Å². The van der Waals surface area contributed by atoms with E-state index in [0.717, 1.165) is 36.0 Å². The molecule has 0 radical (unpaired) electrons. The third-order valence-electron chi connectivity index (χ3n) is 5.81. The van der Waals surface area contributed by atoms with Gasteiger partial charge in [0.25, 0.3) is 0 Å². The van der Waals surface area contributed by atoms with Gasteiger partial charge in [0.2, 0.25) is 0 Å². The molecule has 168 valence electrons. The van der Waals surface area contributed by atoms with E-state index < -0.39 is 17.0 Å². The number of ether oxygens (including phenoxy) is 1. The van der Waals surface area contributed by atoms with Crippen LogP contribution in [0.2, 0.25) is 0 Å². The summed E-state index contributed by atoms with van der Waals surface area (Å²) in [5.74, 6) is -1.58. The van der Waals surface area contributed by atoms with Gasteiger partial charge in [-0.15, -0.1) is 0 Å². The monoisotopic (exact) mass is 434 g/mol. The summed E-state index contributed by atoms with van der Waals surface area (Å²) in [6.45, 7) is 13.7. The molecule has 0 amide bonds. The van der Waals surface area contributed by atoms with Crippen LogP contribution in [0.1, 0.15) is 93.3 Å². The van der Waals surface area contributed by atoms with E-state index >= 15 is 0 Å². The number of hydrogen-bond acceptors (Lipinski definition) is 4. The van der Waals surface area contributed by atoms with Crippen LogP contribution in [0.25, 0.3) is 0 Å². The lowest BCUT2D eigenvalue weighted by molar-refractivity contribution is -0.148. The number of benzene rings is 1. The molecule has 0 bridgehead atoms. The maximum absolute atomic E-state index is 13.6. The van der Waals surface area contributed by atoms with E-state index in [0.29, 0.717) is 12.2 Å². The number of rotatable bonds is 13. The van der Waals surface area contributed by atoms with Gasteiger partial charge < -0.3 is 4.74 Å². The second kappa shape index (κ2) is 12.3. The number of carbonyl (C=O) groups excluding carboxylic acids is 2. The number of carbonyl (C=O) groups is 2. The second-order valence-electron chi connectivity index (χ2n) is 9.00. The van der Waals surface area contributed by atoms with E-state index in [9.17, 15) is 14.2 Å². The second-order valence-corrected chi connectivity index (χ2v) is 10.1. The molecule has 0 heterocycles. The Kier molecular flexibility index (Phi) is 10.9. The van der Waals surface area contributed by atoms with Crippen molar-refractivity contribution in [3.8, 4) is 0 Å². The third kappa shape index (κ3) is 6.74. The molecule has 1 rings (SSSR count). The highest BCUT2D eigenvalue weighted by Crippen LogP contribution is 2.40. The molecule has 0 saturated heterocycles. The molecule has 0 spiro atoms. The number of unbranched alkanes of at least 4 members (excludes halogenated alkanes) is 5. The van der Waals surface area contributed by atoms with Crippen LogP contribution in [0, 0.1) is 32.6 Å². The van der Waals surface area contributed by atoms with Crippen molar-refractivity contribution in [2.24, 2.45) is 11.8 Å². The van der Waals surface area contributed by atoms with Crippen LogP contribution in [0.4, 0.5) is 0 Å². The molecule has 4 nitrogen and oxygen atoms in total. The van der Waals surface area contributed by atoms with E-state index in [1.54, 1.807) is 6.92 Å². The van der Waals surface area contributed by atoms with Gasteiger partial charge in [0.1, 0.15) is 0 Å². The lowest BCUT2D eigenvalue weighted by Gasteiger charge is -2.32. The molecule has 0 aliphatic heterocycles. The maximum atomic E-state index is 13.6. The summed E-state index contributed by atoms with van der Waals surface area (Å²) >= 11 is 0. The van der Waals surface area contributed by atoms with Crippen LogP contribution in [0.5, 0.6) is 0 Å². The summed E-state index contributed by atoms with van der Waals surface area (Å²) < 4.78 is 17.7. The van der Waals surface area contributed by atoms with Crippen LogP contribution in [-0.4, -0.2) is 23.5 Å². The normalized spacial score (nSPS) is 14.5. The fraction of sp³-hybridized carbons (Fsp3) is 0.680. The third-order valence-corrected chi connectivity index (χ3v) is 6.65. The number of aryl methyl sites for hydroxylation is 3. The first-order chi connectivity index (χ1) is 14.1. The molecule has 0 aliphatic carbocycles. The average Bonchev–Trinajstić information content (AvgIpc) is 2.65. The van der Waals surface area contributed by atoms with Crippen LogP contribution in [0.3, 0.4) is 0 Å². The number of hydrogen-bond donors (Lipinski definition) is 0. The Morgan fingerprint density at radius 2 is 1.53 bits per heavy atom. The van der Waals surface area contributed by atoms with Gasteiger partial charge in [-0.25, -0.2) is 0 Å². The van der Waals surface area contributed by atoms with Crippen LogP contribution < -0.4 is 0 Å². The Labute approximate surface area is 184 Å². The fourth-order valence-electron chi connectivity index (χ4n) is 4.35. The zero-order valence-corrected chi connectivity index (χ0v) is 20.7. The van der Waals surface area contributed by atoms with Crippen molar-refractivity contribution in [1.29, 1.82) is 0 Å². The molecule has 2 atom stereocenters. The van der Waals surface area contributed by atoms with Crippen LogP contribution in [0.15, 0.2) is 12.1 Å². The molecule has 0 fully saturated rings. The van der Waals surface area contributed by atoms with Gasteiger partial charge >= 0.3 is 5.97 Å². The average molecular weight is 435 g/mol. The van der Waals surface area contributed by atoms with Gasteiger partial charge in [0.15, 0.2) is 19.4 Å². The molecule has 5 heteroatoms. The quantitative estimate of drug-likeness (QED) is 0.145. The Morgan fingerprint density at radius 3 is 2.03 bits per heavy atom. The van der Waals surface area contributed by atoms with Gasteiger partial charge in [-0.3, -0.25) is 14.2 Å². The topological polar surface area (TPSA) is 60.4 Å². The Bertz CT molecular complexity index is 718. The molecular weight excluding hydrogens is 395 g/mol. The van der Waals surface area contributed by atoms with E-state index in [4.69, 9.17) is 4.74 Å². The van der Waals surface area contributed by atoms with Crippen molar-refractivity contribution < 1.29 is 18.9 Å². The molecule has 1 aromatic carbocycles. The smallest absolute Gasteiger partial charge is 0.324 e. The van der Waals surface area contributed by atoms with Crippen molar-refractivity contribution in [1.82, 2.24) is 0 Å². The predicted molar refractivity (Wildman–Crippen MR) is 124 cm³/mol. The minimum absolute atomic E-state index is 0.137. The molecule has 0 saturated carbocycles. The molecule has 1 aromatic rings. The highest BCUT2D eigenvalue weighted by atomic mass is 31.1. The van der Waals surface area contributed by atoms with Crippen molar-refractivity contribution in [2.75, 3.05) is 6.61 Å². The van der Waals surface area contributed by atoms with E-state index in [1.165, 1.54) is 19.3 Å². The summed E-state index contributed by atoms with van der Waals surface area (Å²) in [6, 6.07) is 3.95. The zero-order valence-electron chi connectivity index (χ0n) is 19.8. The lowest BCUT2D eigenvalue weighted by atomic mass is 9.76. The maximum Gasteiger partial charge on any atom is 0.324 e. The van der Waals surface area contributed by atoms with Crippen LogP contribution >= 0.6 is 8.46 Å². The molecule has 2 unspecified atom stereocenters. The Hall–Kier alpha value is -1.54. The standard InChI is InChI=1S/C25H39O4P/c1-8-9-10-11-12-13-14-29-24(27)25(7,30-28)22(17(2)3)23(26)21-19(5)15-18(4)16-20(21)6/h15-17,22H,8-14H2,1-7H3. The molecule has 30 heavy (non-hydrogen) atoms. The first-order valence-corrected chi connectivity index (χ1v) is 12.0. The minimum atomic E-state index is -1.41. The number of esters is 1. The SMILES string of the molecule is CCCCCCCCOC(=O)C(C)(P=O)C(C(=O)c1c(C)cc(C)cc1C)C(C)C. The summed E-state index contributed by atoms with van der Waals surface area (Å²) in [5, 5.41) is -1.41. The summed E-state index contributed by atoms with van der Waals surface area (Å²) in [4.78, 5) is 26.5. The molecule has 0 N–H and O–H groups in total. The van der Waals surface area contributed by atoms with E-state index in [1.807, 2.05) is 46.8 Å². The van der Waals surface area contributed by atoms with Gasteiger partial charge in [0.05, 0.1) is 12.5 Å². The minimum Gasteiger partial charge on any atom is -0.465 e.